The van der Waals surface area contributed by atoms with Crippen LogP contribution in [0.3, 0.4) is 0 Å². The van der Waals surface area contributed by atoms with Crippen molar-refractivity contribution in [2.45, 2.75) is 13.5 Å². The zero-order chi connectivity index (χ0) is 19.2. The van der Waals surface area contributed by atoms with Crippen molar-refractivity contribution in [3.8, 4) is 0 Å². The minimum atomic E-state index is -0.216. The first kappa shape index (κ1) is 19.1. The van der Waals surface area contributed by atoms with Gasteiger partial charge in [-0.2, -0.15) is 0 Å². The Kier molecular flexibility index (Phi) is 6.24. The van der Waals surface area contributed by atoms with E-state index in [0.717, 1.165) is 38.3 Å². The Morgan fingerprint density at radius 3 is 2.67 bits per heavy atom. The fourth-order valence-corrected chi connectivity index (χ4v) is 3.27. The van der Waals surface area contributed by atoms with Crippen LogP contribution < -0.4 is 15.5 Å². The van der Waals surface area contributed by atoms with Crippen LogP contribution in [0.5, 0.6) is 0 Å². The SMILES string of the molecule is CCN1CCN(c2ccc(CNc3ncccc3C(=O)NC)cc2F)CC1. The second-order valence-electron chi connectivity index (χ2n) is 6.54. The number of carbonyl (C=O) groups excluding carboxylic acids is 1. The third kappa shape index (κ3) is 4.54. The van der Waals surface area contributed by atoms with Crippen molar-refractivity contribution in [2.24, 2.45) is 0 Å². The first-order valence-corrected chi connectivity index (χ1v) is 9.29. The summed E-state index contributed by atoms with van der Waals surface area (Å²) in [6.07, 6.45) is 1.62. The van der Waals surface area contributed by atoms with Crippen LogP contribution in [-0.2, 0) is 6.54 Å². The average Bonchev–Trinajstić information content (AvgIpc) is 2.72. The standard InChI is InChI=1S/C20H26FN5O/c1-3-25-9-11-26(12-10-25)18-7-6-15(13-17(18)21)14-24-19-16(20(27)22-2)5-4-8-23-19/h4-8,13H,3,9-12,14H2,1-2H3,(H,22,27)(H,23,24). The summed E-state index contributed by atoms with van der Waals surface area (Å²) in [5.41, 5.74) is 1.92. The van der Waals surface area contributed by atoms with Crippen molar-refractivity contribution >= 4 is 17.4 Å². The summed E-state index contributed by atoms with van der Waals surface area (Å²) in [5, 5.41) is 5.72. The summed E-state index contributed by atoms with van der Waals surface area (Å²) < 4.78 is 14.6. The molecule has 0 saturated carbocycles. The van der Waals surface area contributed by atoms with E-state index in [-0.39, 0.29) is 11.7 Å². The van der Waals surface area contributed by atoms with Crippen LogP contribution in [-0.4, -0.2) is 55.6 Å². The first-order chi connectivity index (χ1) is 13.1. The molecule has 1 aromatic heterocycles. The third-order valence-electron chi connectivity index (χ3n) is 4.91. The summed E-state index contributed by atoms with van der Waals surface area (Å²) in [5.74, 6) is 0.0576. The van der Waals surface area contributed by atoms with Crippen molar-refractivity contribution in [1.82, 2.24) is 15.2 Å². The number of carbonyl (C=O) groups is 1. The number of rotatable bonds is 6. The van der Waals surface area contributed by atoms with Gasteiger partial charge in [-0.3, -0.25) is 4.79 Å². The summed E-state index contributed by atoms with van der Waals surface area (Å²) in [6.45, 7) is 7.17. The lowest BCUT2D eigenvalue weighted by molar-refractivity contribution is 0.0963. The van der Waals surface area contributed by atoms with Crippen LogP contribution in [0.25, 0.3) is 0 Å². The molecule has 6 nitrogen and oxygen atoms in total. The van der Waals surface area contributed by atoms with Gasteiger partial charge in [0.2, 0.25) is 0 Å². The van der Waals surface area contributed by atoms with Crippen LogP contribution in [0.1, 0.15) is 22.8 Å². The van der Waals surface area contributed by atoms with Gasteiger partial charge in [-0.15, -0.1) is 0 Å². The molecule has 0 spiro atoms. The molecule has 2 heterocycles. The minimum absolute atomic E-state index is 0.210. The summed E-state index contributed by atoms with van der Waals surface area (Å²) in [7, 11) is 1.58. The number of likely N-dealkylation sites (N-methyl/N-ethyl adjacent to an activating group) is 1. The van der Waals surface area contributed by atoms with Crippen LogP contribution in [0.2, 0.25) is 0 Å². The van der Waals surface area contributed by atoms with Gasteiger partial charge in [0, 0.05) is 46.0 Å². The number of piperazine rings is 1. The quantitative estimate of drug-likeness (QED) is 0.816. The van der Waals surface area contributed by atoms with Gasteiger partial charge < -0.3 is 20.4 Å². The summed E-state index contributed by atoms with van der Waals surface area (Å²) in [4.78, 5) is 20.6. The van der Waals surface area contributed by atoms with E-state index in [2.05, 4.69) is 32.3 Å². The molecule has 3 rings (SSSR count). The molecular formula is C20H26FN5O. The van der Waals surface area contributed by atoms with Gasteiger partial charge in [0.05, 0.1) is 11.3 Å². The van der Waals surface area contributed by atoms with E-state index in [1.54, 1.807) is 31.4 Å². The molecule has 7 heteroatoms. The molecule has 1 saturated heterocycles. The van der Waals surface area contributed by atoms with Gasteiger partial charge in [-0.1, -0.05) is 13.0 Å². The number of hydrogen-bond acceptors (Lipinski definition) is 5. The zero-order valence-corrected chi connectivity index (χ0v) is 15.8. The molecule has 1 fully saturated rings. The van der Waals surface area contributed by atoms with E-state index < -0.39 is 0 Å². The van der Waals surface area contributed by atoms with Crippen molar-refractivity contribution in [3.63, 3.8) is 0 Å². The van der Waals surface area contributed by atoms with E-state index >= 15 is 0 Å². The van der Waals surface area contributed by atoms with Gasteiger partial charge in [-0.05, 0) is 36.4 Å². The van der Waals surface area contributed by atoms with Gasteiger partial charge in [-0.25, -0.2) is 9.37 Å². The highest BCUT2D eigenvalue weighted by atomic mass is 19.1. The molecule has 144 valence electrons. The molecule has 1 aliphatic heterocycles. The lowest BCUT2D eigenvalue weighted by Crippen LogP contribution is -2.46. The number of pyridine rings is 1. The third-order valence-corrected chi connectivity index (χ3v) is 4.91. The van der Waals surface area contributed by atoms with Crippen molar-refractivity contribution in [1.29, 1.82) is 0 Å². The predicted molar refractivity (Wildman–Crippen MR) is 106 cm³/mol. The number of nitrogens with one attached hydrogen (secondary N) is 2. The predicted octanol–water partition coefficient (Wildman–Crippen LogP) is 2.33. The number of hydrogen-bond donors (Lipinski definition) is 2. The zero-order valence-electron chi connectivity index (χ0n) is 15.8. The number of amides is 1. The number of halogens is 1. The maximum Gasteiger partial charge on any atom is 0.254 e. The maximum atomic E-state index is 14.6. The molecule has 0 radical (unpaired) electrons. The van der Waals surface area contributed by atoms with Crippen LogP contribution in [0.4, 0.5) is 15.9 Å². The Morgan fingerprint density at radius 2 is 2.00 bits per heavy atom. The molecule has 1 amide bonds. The molecule has 0 bridgehead atoms. The van der Waals surface area contributed by atoms with Crippen LogP contribution >= 0.6 is 0 Å². The number of nitrogens with zero attached hydrogens (tertiary/aromatic N) is 3. The first-order valence-electron chi connectivity index (χ1n) is 9.29. The van der Waals surface area contributed by atoms with E-state index in [1.807, 2.05) is 12.1 Å². The van der Waals surface area contributed by atoms with E-state index in [4.69, 9.17) is 0 Å². The van der Waals surface area contributed by atoms with Crippen LogP contribution in [0, 0.1) is 5.82 Å². The molecule has 1 aromatic carbocycles. The average molecular weight is 371 g/mol. The Morgan fingerprint density at radius 1 is 1.22 bits per heavy atom. The Balaban J connectivity index is 1.66. The second kappa shape index (κ2) is 8.81. The molecule has 0 atom stereocenters. The van der Waals surface area contributed by atoms with Gasteiger partial charge in [0.1, 0.15) is 11.6 Å². The molecular weight excluding hydrogens is 345 g/mol. The highest BCUT2D eigenvalue weighted by Crippen LogP contribution is 2.23. The van der Waals surface area contributed by atoms with E-state index in [1.165, 1.54) is 0 Å². The van der Waals surface area contributed by atoms with Gasteiger partial charge in [0.25, 0.3) is 5.91 Å². The topological polar surface area (TPSA) is 60.5 Å². The molecule has 1 aliphatic rings. The second-order valence-corrected chi connectivity index (χ2v) is 6.54. The Labute approximate surface area is 159 Å². The van der Waals surface area contributed by atoms with Gasteiger partial charge in [0.15, 0.2) is 0 Å². The monoisotopic (exact) mass is 371 g/mol. The number of benzene rings is 1. The highest BCUT2D eigenvalue weighted by Gasteiger charge is 2.18. The Bertz CT molecular complexity index is 790. The van der Waals surface area contributed by atoms with Crippen molar-refractivity contribution in [3.05, 3.63) is 53.5 Å². The van der Waals surface area contributed by atoms with Crippen molar-refractivity contribution < 1.29 is 9.18 Å². The maximum absolute atomic E-state index is 14.6. The van der Waals surface area contributed by atoms with Gasteiger partial charge >= 0.3 is 0 Å². The molecule has 2 aromatic rings. The minimum Gasteiger partial charge on any atom is -0.367 e. The number of aromatic nitrogens is 1. The lowest BCUT2D eigenvalue weighted by atomic mass is 10.1. The van der Waals surface area contributed by atoms with E-state index in [0.29, 0.717) is 23.6 Å². The molecule has 2 N–H and O–H groups in total. The van der Waals surface area contributed by atoms with E-state index in [9.17, 15) is 9.18 Å². The fourth-order valence-electron chi connectivity index (χ4n) is 3.27. The lowest BCUT2D eigenvalue weighted by Gasteiger charge is -2.35. The normalized spacial score (nSPS) is 14.9. The Hall–Kier alpha value is -2.67. The largest absolute Gasteiger partial charge is 0.367 e. The highest BCUT2D eigenvalue weighted by molar-refractivity contribution is 5.98. The van der Waals surface area contributed by atoms with Crippen LogP contribution in [0.15, 0.2) is 36.5 Å². The fraction of sp³-hybridized carbons (Fsp3) is 0.400. The molecule has 0 unspecified atom stereocenters. The summed E-state index contributed by atoms with van der Waals surface area (Å²) in [6, 6.07) is 8.72. The molecule has 0 aliphatic carbocycles. The number of anilines is 2. The summed E-state index contributed by atoms with van der Waals surface area (Å²) >= 11 is 0. The molecule has 27 heavy (non-hydrogen) atoms. The van der Waals surface area contributed by atoms with Crippen molar-refractivity contribution in [2.75, 3.05) is 50.0 Å². The smallest absolute Gasteiger partial charge is 0.254 e.